The first kappa shape index (κ1) is 20.6. The van der Waals surface area contributed by atoms with E-state index >= 15 is 0 Å². The van der Waals surface area contributed by atoms with Crippen LogP contribution in [-0.2, 0) is 9.53 Å². The Morgan fingerprint density at radius 3 is 2.57 bits per heavy atom. The van der Waals surface area contributed by atoms with E-state index in [0.29, 0.717) is 17.9 Å². The molecule has 0 aliphatic heterocycles. The van der Waals surface area contributed by atoms with Crippen LogP contribution in [0.5, 0.6) is 5.75 Å². The highest BCUT2D eigenvalue weighted by Crippen LogP contribution is 2.31. The van der Waals surface area contributed by atoms with Gasteiger partial charge in [-0.25, -0.2) is 9.59 Å². The maximum absolute atomic E-state index is 12.6. The molecule has 0 aromatic heterocycles. The number of carbonyl (C=O) groups is 2. The number of carbonyl (C=O) groups excluding carboxylic acids is 2. The van der Waals surface area contributed by atoms with Crippen LogP contribution in [0.15, 0.2) is 78.9 Å². The van der Waals surface area contributed by atoms with Gasteiger partial charge in [0.25, 0.3) is 0 Å². The fraction of sp³-hybridized carbons (Fsp3) is 0.0800. The molecule has 0 N–H and O–H groups in total. The molecule has 0 amide bonds. The number of nitrogens with zero attached hydrogens (tertiary/aromatic N) is 1. The van der Waals surface area contributed by atoms with Crippen LogP contribution in [-0.4, -0.2) is 18.5 Å². The van der Waals surface area contributed by atoms with Crippen LogP contribution in [0, 0.1) is 11.3 Å². The number of hydrogen-bond acceptors (Lipinski definition) is 5. The molecule has 0 fully saturated rings. The van der Waals surface area contributed by atoms with Crippen LogP contribution in [0.3, 0.4) is 0 Å². The lowest BCUT2D eigenvalue weighted by Crippen LogP contribution is -2.11. The molecule has 0 saturated carbocycles. The lowest BCUT2D eigenvalue weighted by molar-refractivity contribution is -0.137. The second kappa shape index (κ2) is 9.85. The largest absolute Gasteiger partial charge is 0.463 e. The summed E-state index contributed by atoms with van der Waals surface area (Å²) in [7, 11) is 0. The minimum Gasteiger partial charge on any atom is -0.463 e. The molecule has 0 aliphatic carbocycles. The molecule has 3 rings (SSSR count). The average Bonchev–Trinajstić information content (AvgIpc) is 2.78. The summed E-state index contributed by atoms with van der Waals surface area (Å²) in [6, 6.07) is 23.1. The Hall–Kier alpha value is -4.17. The van der Waals surface area contributed by atoms with Crippen LogP contribution < -0.4 is 4.74 Å². The van der Waals surface area contributed by atoms with Crippen molar-refractivity contribution in [3.05, 3.63) is 95.6 Å². The minimum atomic E-state index is -0.599. The van der Waals surface area contributed by atoms with Crippen molar-refractivity contribution < 1.29 is 19.1 Å². The standard InChI is InChI=1S/C25H19NO4/c1-2-29-24(27)15-14-18-8-7-10-19(16-18)21-11-5-6-13-23(21)30-25(28)22-12-4-3-9-20(22)17-26/h3-16H,2H2,1H3/b15-14+. The molecule has 148 valence electrons. The van der Waals surface area contributed by atoms with Crippen molar-refractivity contribution in [1.82, 2.24) is 0 Å². The van der Waals surface area contributed by atoms with E-state index in [1.54, 1.807) is 49.4 Å². The molecule has 0 heterocycles. The highest BCUT2D eigenvalue weighted by Gasteiger charge is 2.15. The van der Waals surface area contributed by atoms with Gasteiger partial charge in [-0.05, 0) is 48.4 Å². The highest BCUT2D eigenvalue weighted by atomic mass is 16.5. The zero-order chi connectivity index (χ0) is 21.3. The normalized spacial score (nSPS) is 10.4. The fourth-order valence-electron chi connectivity index (χ4n) is 2.87. The third-order valence-electron chi connectivity index (χ3n) is 4.25. The van der Waals surface area contributed by atoms with Crippen molar-refractivity contribution in [3.8, 4) is 22.9 Å². The Morgan fingerprint density at radius 2 is 1.77 bits per heavy atom. The second-order valence-corrected chi connectivity index (χ2v) is 6.25. The van der Waals surface area contributed by atoms with Crippen molar-refractivity contribution in [1.29, 1.82) is 5.26 Å². The van der Waals surface area contributed by atoms with Gasteiger partial charge in [-0.2, -0.15) is 5.26 Å². The Bertz CT molecular complexity index is 1140. The highest BCUT2D eigenvalue weighted by molar-refractivity contribution is 5.94. The van der Waals surface area contributed by atoms with Gasteiger partial charge in [0.05, 0.1) is 17.7 Å². The maximum Gasteiger partial charge on any atom is 0.344 e. The number of esters is 2. The third kappa shape index (κ3) is 5.00. The zero-order valence-electron chi connectivity index (χ0n) is 16.4. The van der Waals surface area contributed by atoms with E-state index in [1.165, 1.54) is 6.08 Å². The van der Waals surface area contributed by atoms with Gasteiger partial charge >= 0.3 is 11.9 Å². The molecule has 3 aromatic carbocycles. The van der Waals surface area contributed by atoms with Crippen LogP contribution in [0.1, 0.15) is 28.4 Å². The molecular weight excluding hydrogens is 378 g/mol. The van der Waals surface area contributed by atoms with E-state index in [2.05, 4.69) is 0 Å². The summed E-state index contributed by atoms with van der Waals surface area (Å²) in [6.45, 7) is 2.07. The first-order chi connectivity index (χ1) is 14.6. The molecule has 3 aromatic rings. The monoisotopic (exact) mass is 397 g/mol. The first-order valence-corrected chi connectivity index (χ1v) is 9.38. The summed E-state index contributed by atoms with van der Waals surface area (Å²) in [5.41, 5.74) is 2.80. The summed E-state index contributed by atoms with van der Waals surface area (Å²) < 4.78 is 10.5. The first-order valence-electron chi connectivity index (χ1n) is 9.38. The summed E-state index contributed by atoms with van der Waals surface area (Å²) in [5.74, 6) is -0.631. The smallest absolute Gasteiger partial charge is 0.344 e. The van der Waals surface area contributed by atoms with E-state index < -0.39 is 11.9 Å². The van der Waals surface area contributed by atoms with Gasteiger partial charge in [-0.1, -0.05) is 48.5 Å². The Labute approximate surface area is 174 Å². The molecule has 0 saturated heterocycles. The third-order valence-corrected chi connectivity index (χ3v) is 4.25. The molecule has 0 spiro atoms. The van der Waals surface area contributed by atoms with Crippen molar-refractivity contribution in [2.24, 2.45) is 0 Å². The molecule has 0 aliphatic rings. The van der Waals surface area contributed by atoms with Crippen LogP contribution in [0.4, 0.5) is 0 Å². The predicted octanol–water partition coefficient (Wildman–Crippen LogP) is 5.02. The summed E-state index contributed by atoms with van der Waals surface area (Å²) in [4.78, 5) is 24.2. The van der Waals surface area contributed by atoms with Crippen LogP contribution in [0.25, 0.3) is 17.2 Å². The van der Waals surface area contributed by atoms with Gasteiger partial charge in [0.1, 0.15) is 11.8 Å². The van der Waals surface area contributed by atoms with E-state index in [1.807, 2.05) is 42.5 Å². The molecule has 5 heteroatoms. The van der Waals surface area contributed by atoms with E-state index in [-0.39, 0.29) is 11.1 Å². The van der Waals surface area contributed by atoms with Gasteiger partial charge in [0.2, 0.25) is 0 Å². The molecule has 0 radical (unpaired) electrons. The number of rotatable bonds is 6. The van der Waals surface area contributed by atoms with E-state index in [9.17, 15) is 14.9 Å². The van der Waals surface area contributed by atoms with Crippen molar-refractivity contribution in [2.45, 2.75) is 6.92 Å². The van der Waals surface area contributed by atoms with Gasteiger partial charge < -0.3 is 9.47 Å². The summed E-state index contributed by atoms with van der Waals surface area (Å²) in [5, 5.41) is 9.22. The van der Waals surface area contributed by atoms with Crippen LogP contribution in [0.2, 0.25) is 0 Å². The topological polar surface area (TPSA) is 76.4 Å². The zero-order valence-corrected chi connectivity index (χ0v) is 16.4. The Morgan fingerprint density at radius 1 is 1.00 bits per heavy atom. The SMILES string of the molecule is CCOC(=O)/C=C/c1cccc(-c2ccccc2OC(=O)c2ccccc2C#N)c1. The number of ether oxygens (including phenoxy) is 2. The maximum atomic E-state index is 12.6. The van der Waals surface area contributed by atoms with Gasteiger partial charge in [-0.15, -0.1) is 0 Å². The van der Waals surface area contributed by atoms with Gasteiger partial charge in [0.15, 0.2) is 0 Å². The second-order valence-electron chi connectivity index (χ2n) is 6.25. The molecule has 0 bridgehead atoms. The molecule has 5 nitrogen and oxygen atoms in total. The average molecular weight is 397 g/mol. The Balaban J connectivity index is 1.89. The Kier molecular flexibility index (Phi) is 6.75. The summed E-state index contributed by atoms with van der Waals surface area (Å²) in [6.07, 6.45) is 3.03. The fourth-order valence-corrected chi connectivity index (χ4v) is 2.87. The van der Waals surface area contributed by atoms with Gasteiger partial charge in [-0.3, -0.25) is 0 Å². The van der Waals surface area contributed by atoms with E-state index in [0.717, 1.165) is 11.1 Å². The van der Waals surface area contributed by atoms with Crippen molar-refractivity contribution >= 4 is 18.0 Å². The van der Waals surface area contributed by atoms with Crippen molar-refractivity contribution in [2.75, 3.05) is 6.61 Å². The lowest BCUT2D eigenvalue weighted by atomic mass is 10.0. The molecular formula is C25H19NO4. The molecule has 0 unspecified atom stereocenters. The number of benzene rings is 3. The number of para-hydroxylation sites is 1. The number of nitriles is 1. The minimum absolute atomic E-state index is 0.209. The van der Waals surface area contributed by atoms with Crippen molar-refractivity contribution in [3.63, 3.8) is 0 Å². The molecule has 0 atom stereocenters. The quantitative estimate of drug-likeness (QED) is 0.332. The number of hydrogen-bond donors (Lipinski definition) is 0. The summed E-state index contributed by atoms with van der Waals surface area (Å²) >= 11 is 0. The van der Waals surface area contributed by atoms with Gasteiger partial charge in [0, 0.05) is 11.6 Å². The predicted molar refractivity (Wildman–Crippen MR) is 114 cm³/mol. The molecule has 30 heavy (non-hydrogen) atoms. The van der Waals surface area contributed by atoms with E-state index in [4.69, 9.17) is 9.47 Å². The van der Waals surface area contributed by atoms with Crippen LogP contribution >= 0.6 is 0 Å². The lowest BCUT2D eigenvalue weighted by Gasteiger charge is -2.11.